The van der Waals surface area contributed by atoms with Crippen LogP contribution in [-0.2, 0) is 0 Å². The third-order valence-electron chi connectivity index (χ3n) is 3.42. The zero-order chi connectivity index (χ0) is 13.8. The van der Waals surface area contributed by atoms with Crippen LogP contribution in [0.5, 0.6) is 0 Å². The van der Waals surface area contributed by atoms with E-state index >= 15 is 0 Å². The van der Waals surface area contributed by atoms with Gasteiger partial charge in [-0.3, -0.25) is 14.6 Å². The van der Waals surface area contributed by atoms with Gasteiger partial charge in [0.2, 0.25) is 0 Å². The molecule has 1 aromatic heterocycles. The van der Waals surface area contributed by atoms with Crippen molar-refractivity contribution in [1.82, 2.24) is 9.88 Å². The first-order valence-electron chi connectivity index (χ1n) is 6.40. The molecule has 1 atom stereocenters. The maximum atomic E-state index is 12.4. The van der Waals surface area contributed by atoms with E-state index in [2.05, 4.69) is 4.98 Å². The summed E-state index contributed by atoms with van der Waals surface area (Å²) >= 11 is 0. The molecule has 2 heterocycles. The summed E-state index contributed by atoms with van der Waals surface area (Å²) < 4.78 is 0. The van der Waals surface area contributed by atoms with Crippen molar-refractivity contribution in [3.63, 3.8) is 0 Å². The first-order valence-corrected chi connectivity index (χ1v) is 6.40. The quantitative estimate of drug-likeness (QED) is 0.808. The highest BCUT2D eigenvalue weighted by Gasteiger charge is 2.26. The fourth-order valence-electron chi connectivity index (χ4n) is 2.34. The third kappa shape index (κ3) is 2.90. The number of hydrogen-bond donors (Lipinski definition) is 2. The van der Waals surface area contributed by atoms with Crippen LogP contribution in [0.15, 0.2) is 18.3 Å². The van der Waals surface area contributed by atoms with Gasteiger partial charge in [-0.05, 0) is 31.4 Å². The normalized spacial score (nSPS) is 19.2. The summed E-state index contributed by atoms with van der Waals surface area (Å²) in [5, 5.41) is 0. The second kappa shape index (κ2) is 5.79. The summed E-state index contributed by atoms with van der Waals surface area (Å²) in [7, 11) is 0. The number of pyridine rings is 1. The van der Waals surface area contributed by atoms with Crippen LogP contribution in [-0.4, -0.2) is 40.8 Å². The Kier molecular flexibility index (Phi) is 4.11. The molecule has 0 spiro atoms. The Labute approximate surface area is 111 Å². The highest BCUT2D eigenvalue weighted by molar-refractivity contribution is 5.96. The molecule has 6 heteroatoms. The number of carbonyl (C=O) groups excluding carboxylic acids is 2. The van der Waals surface area contributed by atoms with Crippen LogP contribution in [0.3, 0.4) is 0 Å². The minimum absolute atomic E-state index is 0.0846. The lowest BCUT2D eigenvalue weighted by atomic mass is 10.0. The van der Waals surface area contributed by atoms with Crippen molar-refractivity contribution in [3.05, 3.63) is 29.6 Å². The van der Waals surface area contributed by atoms with Crippen molar-refractivity contribution >= 4 is 11.8 Å². The monoisotopic (exact) mass is 262 g/mol. The number of primary amides is 1. The summed E-state index contributed by atoms with van der Waals surface area (Å²) in [5.74, 6) is -0.685. The molecule has 0 aromatic carbocycles. The average molecular weight is 262 g/mol. The minimum Gasteiger partial charge on any atom is -0.364 e. The Hall–Kier alpha value is -1.95. The predicted octanol–water partition coefficient (Wildman–Crippen LogP) is 0.134. The molecule has 0 bridgehead atoms. The van der Waals surface area contributed by atoms with E-state index in [1.165, 1.54) is 12.3 Å². The van der Waals surface area contributed by atoms with E-state index in [0.29, 0.717) is 12.1 Å². The fraction of sp³-hybridized carbons (Fsp3) is 0.462. The first kappa shape index (κ1) is 13.5. The zero-order valence-electron chi connectivity index (χ0n) is 10.7. The number of rotatable bonds is 3. The lowest BCUT2D eigenvalue weighted by Crippen LogP contribution is -2.47. The number of piperidine rings is 1. The van der Waals surface area contributed by atoms with Gasteiger partial charge in [0, 0.05) is 25.3 Å². The molecule has 2 rings (SSSR count). The molecule has 1 fully saturated rings. The summed E-state index contributed by atoms with van der Waals surface area (Å²) in [6, 6.07) is 3.14. The summed E-state index contributed by atoms with van der Waals surface area (Å²) in [6.45, 7) is 1.19. The SMILES string of the molecule is NCC1CCCCN1C(=O)c1ccc(C(N)=O)nc1. The van der Waals surface area contributed by atoms with Gasteiger partial charge in [0.1, 0.15) is 5.69 Å². The molecule has 0 radical (unpaired) electrons. The van der Waals surface area contributed by atoms with E-state index in [1.54, 1.807) is 11.0 Å². The lowest BCUT2D eigenvalue weighted by molar-refractivity contribution is 0.0622. The van der Waals surface area contributed by atoms with Crippen LogP contribution >= 0.6 is 0 Å². The van der Waals surface area contributed by atoms with Gasteiger partial charge in [-0.1, -0.05) is 0 Å². The summed E-state index contributed by atoms with van der Waals surface area (Å²) in [6.07, 6.45) is 4.43. The lowest BCUT2D eigenvalue weighted by Gasteiger charge is -2.35. The summed E-state index contributed by atoms with van der Waals surface area (Å²) in [4.78, 5) is 29.0. The van der Waals surface area contributed by atoms with Gasteiger partial charge >= 0.3 is 0 Å². The van der Waals surface area contributed by atoms with Crippen LogP contribution in [0.25, 0.3) is 0 Å². The van der Waals surface area contributed by atoms with Crippen molar-refractivity contribution in [2.75, 3.05) is 13.1 Å². The molecular formula is C13H18N4O2. The molecule has 1 aliphatic rings. The van der Waals surface area contributed by atoms with E-state index in [1.807, 2.05) is 0 Å². The van der Waals surface area contributed by atoms with Crippen LogP contribution in [0.4, 0.5) is 0 Å². The van der Waals surface area contributed by atoms with Crippen LogP contribution in [0.2, 0.25) is 0 Å². The Morgan fingerprint density at radius 3 is 2.74 bits per heavy atom. The van der Waals surface area contributed by atoms with Gasteiger partial charge in [0.15, 0.2) is 0 Å². The standard InChI is InChI=1S/C13H18N4O2/c14-7-10-3-1-2-6-17(10)13(19)9-4-5-11(12(15)18)16-8-9/h4-5,8,10H,1-3,6-7,14H2,(H2,15,18). The Bertz CT molecular complexity index is 472. The van der Waals surface area contributed by atoms with Gasteiger partial charge in [-0.2, -0.15) is 0 Å². The molecular weight excluding hydrogens is 244 g/mol. The number of nitrogens with zero attached hydrogens (tertiary/aromatic N) is 2. The molecule has 4 N–H and O–H groups in total. The molecule has 19 heavy (non-hydrogen) atoms. The molecule has 2 amide bonds. The predicted molar refractivity (Wildman–Crippen MR) is 70.5 cm³/mol. The van der Waals surface area contributed by atoms with E-state index in [-0.39, 0.29) is 17.6 Å². The number of carbonyl (C=O) groups is 2. The Balaban J connectivity index is 2.16. The topological polar surface area (TPSA) is 102 Å². The van der Waals surface area contributed by atoms with E-state index in [9.17, 15) is 9.59 Å². The molecule has 6 nitrogen and oxygen atoms in total. The summed E-state index contributed by atoms with van der Waals surface area (Å²) in [5.41, 5.74) is 11.4. The van der Waals surface area contributed by atoms with Crippen molar-refractivity contribution in [1.29, 1.82) is 0 Å². The maximum absolute atomic E-state index is 12.4. The second-order valence-electron chi connectivity index (χ2n) is 4.68. The van der Waals surface area contributed by atoms with Crippen molar-refractivity contribution in [2.45, 2.75) is 25.3 Å². The van der Waals surface area contributed by atoms with Crippen LogP contribution < -0.4 is 11.5 Å². The van der Waals surface area contributed by atoms with Crippen molar-refractivity contribution in [2.24, 2.45) is 11.5 Å². The van der Waals surface area contributed by atoms with Gasteiger partial charge < -0.3 is 16.4 Å². The number of hydrogen-bond acceptors (Lipinski definition) is 4. The van der Waals surface area contributed by atoms with E-state index in [4.69, 9.17) is 11.5 Å². The largest absolute Gasteiger partial charge is 0.364 e. The van der Waals surface area contributed by atoms with Gasteiger partial charge in [-0.15, -0.1) is 0 Å². The highest BCUT2D eigenvalue weighted by atomic mass is 16.2. The van der Waals surface area contributed by atoms with Gasteiger partial charge in [0.05, 0.1) is 5.56 Å². The van der Waals surface area contributed by atoms with Crippen LogP contribution in [0, 0.1) is 0 Å². The molecule has 1 aromatic rings. The molecule has 1 saturated heterocycles. The average Bonchev–Trinajstić information content (AvgIpc) is 2.46. The molecule has 1 unspecified atom stereocenters. The maximum Gasteiger partial charge on any atom is 0.267 e. The van der Waals surface area contributed by atoms with E-state index in [0.717, 1.165) is 25.8 Å². The third-order valence-corrected chi connectivity index (χ3v) is 3.42. The van der Waals surface area contributed by atoms with E-state index < -0.39 is 5.91 Å². The zero-order valence-corrected chi connectivity index (χ0v) is 10.7. The van der Waals surface area contributed by atoms with Crippen LogP contribution in [0.1, 0.15) is 40.1 Å². The number of amides is 2. The highest BCUT2D eigenvalue weighted by Crippen LogP contribution is 2.18. The van der Waals surface area contributed by atoms with Crippen molar-refractivity contribution in [3.8, 4) is 0 Å². The Morgan fingerprint density at radius 1 is 1.37 bits per heavy atom. The molecule has 0 aliphatic carbocycles. The van der Waals surface area contributed by atoms with Crippen molar-refractivity contribution < 1.29 is 9.59 Å². The smallest absolute Gasteiger partial charge is 0.267 e. The number of aromatic nitrogens is 1. The minimum atomic E-state index is -0.600. The number of likely N-dealkylation sites (tertiary alicyclic amines) is 1. The molecule has 1 aliphatic heterocycles. The first-order chi connectivity index (χ1) is 9.13. The Morgan fingerprint density at radius 2 is 2.16 bits per heavy atom. The second-order valence-corrected chi connectivity index (χ2v) is 4.68. The fourth-order valence-corrected chi connectivity index (χ4v) is 2.34. The van der Waals surface area contributed by atoms with Gasteiger partial charge in [-0.25, -0.2) is 0 Å². The van der Waals surface area contributed by atoms with Gasteiger partial charge in [0.25, 0.3) is 11.8 Å². The number of nitrogens with two attached hydrogens (primary N) is 2. The molecule has 102 valence electrons. The molecule has 0 saturated carbocycles.